The molecule has 0 spiro atoms. The van der Waals surface area contributed by atoms with E-state index in [9.17, 15) is 0 Å². The predicted octanol–water partition coefficient (Wildman–Crippen LogP) is 23.8. The summed E-state index contributed by atoms with van der Waals surface area (Å²) in [5, 5.41) is 14.8. The van der Waals surface area contributed by atoms with Crippen molar-refractivity contribution >= 4 is 86.7 Å². The highest BCUT2D eigenvalue weighted by Crippen LogP contribution is 2.53. The van der Waals surface area contributed by atoms with Crippen molar-refractivity contribution in [2.75, 3.05) is 0 Å². The van der Waals surface area contributed by atoms with Crippen molar-refractivity contribution in [3.63, 3.8) is 0 Å². The minimum absolute atomic E-state index is 0.602. The van der Waals surface area contributed by atoms with E-state index in [1.54, 1.807) is 0 Å². The van der Waals surface area contributed by atoms with Crippen molar-refractivity contribution in [2.45, 2.75) is 0 Å². The van der Waals surface area contributed by atoms with Gasteiger partial charge in [0.25, 0.3) is 0 Å². The van der Waals surface area contributed by atoms with E-state index in [1.165, 1.54) is 109 Å². The molecule has 470 valence electrons. The van der Waals surface area contributed by atoms with Gasteiger partial charge in [0, 0.05) is 66.3 Å². The van der Waals surface area contributed by atoms with Crippen LogP contribution in [-0.2, 0) is 0 Å². The number of fused-ring (bicyclic) bond motifs is 8. The molecule has 20 aromatic rings. The third-order valence-corrected chi connectivity index (χ3v) is 21.2. The number of benzene rings is 16. The molecule has 2 aliphatic carbocycles. The van der Waals surface area contributed by atoms with Crippen molar-refractivity contribution in [1.82, 2.24) is 39.0 Å². The van der Waals surface area contributed by atoms with Crippen LogP contribution in [-0.4, -0.2) is 39.0 Å². The van der Waals surface area contributed by atoms with E-state index in [4.69, 9.17) is 29.9 Å². The number of hydrogen-bond acceptors (Lipinski definition) is 6. The highest BCUT2D eigenvalue weighted by Gasteiger charge is 2.29. The lowest BCUT2D eigenvalue weighted by atomic mass is 9.89. The summed E-state index contributed by atoms with van der Waals surface area (Å²) < 4.78 is 4.86. The molecule has 4 heterocycles. The lowest BCUT2D eigenvalue weighted by Gasteiger charge is -2.16. The monoisotopic (exact) mass is 1290 g/mol. The second kappa shape index (κ2) is 21.8. The van der Waals surface area contributed by atoms with Gasteiger partial charge < -0.3 is 9.13 Å². The van der Waals surface area contributed by atoms with Crippen LogP contribution in [0.4, 0.5) is 0 Å². The third kappa shape index (κ3) is 8.57. The number of aromatic nitrogens is 8. The fourth-order valence-corrected chi connectivity index (χ4v) is 16.6. The summed E-state index contributed by atoms with van der Waals surface area (Å²) in [6.45, 7) is 0. The molecular weight excluding hydrogens is 1240 g/mol. The Labute approximate surface area is 585 Å². The SMILES string of the molecule is c1ccc(-c2nc(-c3ccccc3)nc(-c3ccc(-n4c5cccc6c5c5c7c(cccc7ccc54)-c4cc5cc(-c7ccc(-c8nc(-c9ccccc9)nc(-c9cccc(-n%10c%11cccc%12c%11c%11c%13c(cccc%13ccc%11%10)-c%10cc%11ccccc%11cc%10-%12)c9)n8)cc7)ccc5cc4-6)cc3)n2)cc1. The highest BCUT2D eigenvalue weighted by atomic mass is 15.1. The Kier molecular flexibility index (Phi) is 12.0. The summed E-state index contributed by atoms with van der Waals surface area (Å²) >= 11 is 0. The molecule has 0 atom stereocenters. The normalized spacial score (nSPS) is 12.1. The Morgan fingerprint density at radius 2 is 0.480 bits per heavy atom. The first-order chi connectivity index (χ1) is 50.5. The molecule has 8 heteroatoms. The summed E-state index contributed by atoms with van der Waals surface area (Å²) in [6, 6.07) is 118. The average molecular weight is 1300 g/mol. The van der Waals surface area contributed by atoms with Gasteiger partial charge in [-0.05, 0) is 190 Å². The summed E-state index contributed by atoms with van der Waals surface area (Å²) in [5.74, 6) is 3.72. The summed E-state index contributed by atoms with van der Waals surface area (Å²) in [6.07, 6.45) is 0. The molecule has 0 bridgehead atoms. The number of rotatable bonds is 9. The van der Waals surface area contributed by atoms with Gasteiger partial charge in [-0.2, -0.15) is 0 Å². The molecule has 22 rings (SSSR count). The molecule has 0 saturated heterocycles. The van der Waals surface area contributed by atoms with Crippen LogP contribution in [0.2, 0.25) is 0 Å². The maximum absolute atomic E-state index is 5.33. The molecule has 4 aromatic heterocycles. The van der Waals surface area contributed by atoms with Crippen molar-refractivity contribution in [3.8, 4) is 135 Å². The fourth-order valence-electron chi connectivity index (χ4n) is 16.6. The van der Waals surface area contributed by atoms with E-state index in [2.05, 4.69) is 258 Å². The summed E-state index contributed by atoms with van der Waals surface area (Å²) in [5.41, 5.74) is 24.3. The first-order valence-electron chi connectivity index (χ1n) is 34.6. The molecule has 0 radical (unpaired) electrons. The number of hydrogen-bond donors (Lipinski definition) is 0. The van der Waals surface area contributed by atoms with Crippen LogP contribution >= 0.6 is 0 Å². The Bertz CT molecular complexity index is 6900. The summed E-state index contributed by atoms with van der Waals surface area (Å²) in [7, 11) is 0. The average Bonchev–Trinajstić information content (AvgIpc) is 1.54. The molecular formula is C94H54N8. The zero-order chi connectivity index (χ0) is 66.7. The topological polar surface area (TPSA) is 87.2 Å². The van der Waals surface area contributed by atoms with Gasteiger partial charge in [-0.3, -0.25) is 0 Å². The molecule has 0 fully saturated rings. The molecule has 0 saturated carbocycles. The van der Waals surface area contributed by atoms with E-state index in [1.807, 2.05) is 78.9 Å². The van der Waals surface area contributed by atoms with Gasteiger partial charge in [-0.1, -0.05) is 237 Å². The van der Waals surface area contributed by atoms with Crippen molar-refractivity contribution < 1.29 is 0 Å². The highest BCUT2D eigenvalue weighted by molar-refractivity contribution is 6.32. The Balaban J connectivity index is 0.617. The lowest BCUT2D eigenvalue weighted by Crippen LogP contribution is -2.01. The molecule has 102 heavy (non-hydrogen) atoms. The second-order valence-corrected chi connectivity index (χ2v) is 26.9. The van der Waals surface area contributed by atoms with E-state index in [0.717, 1.165) is 77.9 Å². The van der Waals surface area contributed by atoms with Gasteiger partial charge in [-0.25, -0.2) is 29.9 Å². The van der Waals surface area contributed by atoms with E-state index in [0.29, 0.717) is 34.9 Å². The quantitative estimate of drug-likeness (QED) is 0.143. The van der Waals surface area contributed by atoms with Crippen LogP contribution in [0.15, 0.2) is 328 Å². The Morgan fingerprint density at radius 3 is 0.961 bits per heavy atom. The van der Waals surface area contributed by atoms with Gasteiger partial charge in [0.2, 0.25) is 0 Å². The first-order valence-corrected chi connectivity index (χ1v) is 34.6. The van der Waals surface area contributed by atoms with Gasteiger partial charge in [0.05, 0.1) is 22.1 Å². The third-order valence-electron chi connectivity index (χ3n) is 21.2. The Hall–Kier alpha value is -13.8. The lowest BCUT2D eigenvalue weighted by molar-refractivity contribution is 1.07. The standard InChI is InChI=1S/C94H54N8/c1-4-17-58(18-5-1)89-95-90(59-19-6-2-7-20-59)97-93(96-89)62-41-45-69(46-42-62)101-79-33-15-31-74-77-53-66-40-39-65(49-68(66)54-78(77)72-30-14-26-56-43-47-81(101)87(84(56)72)85(74)79)55-35-37-61(38-36-55)92-98-91(60-21-8-3-9-22-60)99-94(100-92)67-27-12-28-70(50-67)102-80-34-16-32-73-76-52-64-24-11-10-23-63(64)51-75(76)71-29-13-25-57-44-48-82(102)88(83(57)71)86(73)80/h1-54H. The fraction of sp³-hybridized carbons (Fsp3) is 0. The maximum atomic E-state index is 5.33. The Morgan fingerprint density at radius 1 is 0.157 bits per heavy atom. The van der Waals surface area contributed by atoms with E-state index >= 15 is 0 Å². The van der Waals surface area contributed by atoms with Gasteiger partial charge in [0.1, 0.15) is 0 Å². The molecule has 8 nitrogen and oxygen atoms in total. The number of nitrogens with zero attached hydrogens (tertiary/aromatic N) is 8. The second-order valence-electron chi connectivity index (χ2n) is 26.9. The predicted molar refractivity (Wildman–Crippen MR) is 419 cm³/mol. The minimum Gasteiger partial charge on any atom is -0.309 e. The van der Waals surface area contributed by atoms with Crippen LogP contribution < -0.4 is 0 Å². The molecule has 0 amide bonds. The van der Waals surface area contributed by atoms with Crippen LogP contribution in [0, 0.1) is 0 Å². The van der Waals surface area contributed by atoms with Crippen LogP contribution in [0.5, 0.6) is 0 Å². The first kappa shape index (κ1) is 56.2. The van der Waals surface area contributed by atoms with E-state index < -0.39 is 0 Å². The van der Waals surface area contributed by atoms with Crippen molar-refractivity contribution in [3.05, 3.63) is 328 Å². The maximum Gasteiger partial charge on any atom is 0.164 e. The molecule has 0 N–H and O–H groups in total. The minimum atomic E-state index is 0.602. The van der Waals surface area contributed by atoms with Crippen LogP contribution in [0.25, 0.3) is 222 Å². The molecule has 0 aliphatic heterocycles. The van der Waals surface area contributed by atoms with Gasteiger partial charge in [-0.15, -0.1) is 0 Å². The van der Waals surface area contributed by atoms with Crippen molar-refractivity contribution in [1.29, 1.82) is 0 Å². The van der Waals surface area contributed by atoms with Gasteiger partial charge >= 0.3 is 0 Å². The largest absolute Gasteiger partial charge is 0.309 e. The zero-order valence-electron chi connectivity index (χ0n) is 54.8. The zero-order valence-corrected chi connectivity index (χ0v) is 54.8. The smallest absolute Gasteiger partial charge is 0.164 e. The van der Waals surface area contributed by atoms with Gasteiger partial charge in [0.15, 0.2) is 34.9 Å². The van der Waals surface area contributed by atoms with Crippen LogP contribution in [0.1, 0.15) is 0 Å². The van der Waals surface area contributed by atoms with Crippen LogP contribution in [0.3, 0.4) is 0 Å². The van der Waals surface area contributed by atoms with Crippen molar-refractivity contribution in [2.24, 2.45) is 0 Å². The molecule has 0 unspecified atom stereocenters. The molecule has 16 aromatic carbocycles. The molecule has 2 aliphatic rings. The van der Waals surface area contributed by atoms with E-state index in [-0.39, 0.29) is 0 Å². The summed E-state index contributed by atoms with van der Waals surface area (Å²) in [4.78, 5) is 30.8.